The van der Waals surface area contributed by atoms with Gasteiger partial charge in [0.2, 0.25) is 5.91 Å². The van der Waals surface area contributed by atoms with E-state index >= 15 is 0 Å². The number of hydrogen-bond acceptors (Lipinski definition) is 7. The number of para-hydroxylation sites is 1. The lowest BCUT2D eigenvalue weighted by molar-refractivity contribution is -0.125. The summed E-state index contributed by atoms with van der Waals surface area (Å²) in [6.07, 6.45) is 4.80. The minimum absolute atomic E-state index is 0.0289. The molecule has 1 aliphatic heterocycles. The summed E-state index contributed by atoms with van der Waals surface area (Å²) in [5, 5.41) is 19.9. The molecule has 12 nitrogen and oxygen atoms in total. The minimum Gasteiger partial charge on any atom is -0.338 e. The molecular weight excluding hydrogens is 634 g/mol. The number of rotatable bonds is 12. The molecule has 3 aromatic rings. The first-order valence-electron chi connectivity index (χ1n) is 18.0. The fourth-order valence-corrected chi connectivity index (χ4v) is 7.96. The van der Waals surface area contributed by atoms with Crippen LogP contribution >= 0.6 is 0 Å². The molecule has 0 radical (unpaired) electrons. The summed E-state index contributed by atoms with van der Waals surface area (Å²) in [4.78, 5) is 57.1. The van der Waals surface area contributed by atoms with Crippen LogP contribution in [0.25, 0.3) is 0 Å². The van der Waals surface area contributed by atoms with Crippen molar-refractivity contribution in [3.63, 3.8) is 0 Å². The quantitative estimate of drug-likeness (QED) is 0.205. The van der Waals surface area contributed by atoms with Crippen LogP contribution < -0.4 is 21.3 Å². The number of nitrogens with zero attached hydrogens (tertiary/aromatic N) is 3. The maximum atomic E-state index is 14.5. The fourth-order valence-electron chi connectivity index (χ4n) is 7.96. The van der Waals surface area contributed by atoms with Gasteiger partial charge in [-0.25, -0.2) is 9.42 Å². The van der Waals surface area contributed by atoms with E-state index in [9.17, 15) is 19.2 Å². The van der Waals surface area contributed by atoms with Gasteiger partial charge in [-0.2, -0.15) is 0 Å². The van der Waals surface area contributed by atoms with Crippen molar-refractivity contribution in [2.75, 3.05) is 17.2 Å². The molecule has 7 rings (SSSR count). The first kappa shape index (κ1) is 33.7. The van der Waals surface area contributed by atoms with Crippen molar-refractivity contribution in [3.05, 3.63) is 70.5 Å². The van der Waals surface area contributed by atoms with Crippen molar-refractivity contribution in [2.45, 2.75) is 96.7 Å². The lowest BCUT2D eigenvalue weighted by Gasteiger charge is -2.37. The maximum absolute atomic E-state index is 14.5. The average molecular weight is 682 g/mol. The molecule has 2 aromatic carbocycles. The summed E-state index contributed by atoms with van der Waals surface area (Å²) < 4.78 is 4.75. The van der Waals surface area contributed by atoms with Gasteiger partial charge >= 0.3 is 6.03 Å². The topological polar surface area (TPSA) is 159 Å². The fraction of sp³-hybridized carbons (Fsp3) is 0.526. The number of amides is 5. The van der Waals surface area contributed by atoms with Gasteiger partial charge in [-0.1, -0.05) is 57.1 Å². The van der Waals surface area contributed by atoms with E-state index in [1.54, 1.807) is 11.8 Å². The number of benzene rings is 2. The molecule has 0 bridgehead atoms. The SMILES string of the molecule is Cc1nonc1C(=O)N[C@H](C(=O)Nc1ccc2c(c1)CC(C(=O)Nc1ccccc1C(C)C)(N1C[C@@H](C(C)C)NC1=O)C2)C(C1CC1)C1CC1. The molecule has 1 aromatic heterocycles. The van der Waals surface area contributed by atoms with Crippen LogP contribution in [-0.2, 0) is 22.4 Å². The number of fused-ring (bicyclic) bond motifs is 1. The standard InChI is InChI=1S/C38H47N7O5/c1-20(2)28-8-6-7-9-29(28)40-36(48)38(45-19-30(21(3)4)41-37(45)49)17-25-14-15-27(16-26(25)18-38)39-35(47)33(31(23-10-11-23)24-12-13-24)42-34(46)32-22(5)43-50-44-32/h6-9,14-16,20-21,23-24,30-31,33H,10-13,17-19H2,1-5H3,(H,39,47)(H,40,48)(H,41,49)(H,42,46)/t30-,33-,38?/m0/s1. The minimum atomic E-state index is -1.16. The summed E-state index contributed by atoms with van der Waals surface area (Å²) in [5.74, 6) is 0.187. The summed E-state index contributed by atoms with van der Waals surface area (Å²) >= 11 is 0. The molecule has 1 saturated heterocycles. The Labute approximate surface area is 292 Å². The molecule has 2 heterocycles. The second-order valence-electron chi connectivity index (χ2n) is 15.4. The van der Waals surface area contributed by atoms with Gasteiger partial charge in [0.15, 0.2) is 5.69 Å². The third-order valence-electron chi connectivity index (χ3n) is 11.1. The number of aromatic nitrogens is 2. The van der Waals surface area contributed by atoms with Gasteiger partial charge in [0.25, 0.3) is 11.8 Å². The Morgan fingerprint density at radius 2 is 1.64 bits per heavy atom. The van der Waals surface area contributed by atoms with Crippen molar-refractivity contribution in [2.24, 2.45) is 23.7 Å². The zero-order valence-corrected chi connectivity index (χ0v) is 29.4. The molecule has 4 aliphatic rings. The van der Waals surface area contributed by atoms with Crippen LogP contribution in [0.2, 0.25) is 0 Å². The first-order valence-corrected chi connectivity index (χ1v) is 18.0. The van der Waals surface area contributed by atoms with Crippen molar-refractivity contribution in [1.82, 2.24) is 25.8 Å². The lowest BCUT2D eigenvalue weighted by atomic mass is 9.88. The Morgan fingerprint density at radius 3 is 2.26 bits per heavy atom. The van der Waals surface area contributed by atoms with E-state index in [2.05, 4.69) is 59.3 Å². The van der Waals surface area contributed by atoms with E-state index in [4.69, 9.17) is 4.63 Å². The summed E-state index contributed by atoms with van der Waals surface area (Å²) in [7, 11) is 0. The zero-order valence-electron chi connectivity index (χ0n) is 29.4. The van der Waals surface area contributed by atoms with Crippen LogP contribution in [0.4, 0.5) is 16.2 Å². The molecule has 4 N–H and O–H groups in total. The Balaban J connectivity index is 1.16. The molecule has 2 saturated carbocycles. The van der Waals surface area contributed by atoms with E-state index in [1.807, 2.05) is 42.5 Å². The monoisotopic (exact) mass is 681 g/mol. The van der Waals surface area contributed by atoms with Crippen LogP contribution in [-0.4, -0.2) is 63.1 Å². The molecule has 50 heavy (non-hydrogen) atoms. The highest BCUT2D eigenvalue weighted by Gasteiger charge is 2.54. The van der Waals surface area contributed by atoms with Crippen LogP contribution in [0.5, 0.6) is 0 Å². The normalized spacial score (nSPS) is 22.1. The van der Waals surface area contributed by atoms with Gasteiger partial charge in [-0.15, -0.1) is 0 Å². The largest absolute Gasteiger partial charge is 0.338 e. The molecular formula is C38H47N7O5. The van der Waals surface area contributed by atoms with Crippen molar-refractivity contribution >= 4 is 35.1 Å². The van der Waals surface area contributed by atoms with Crippen LogP contribution in [0.1, 0.15) is 92.2 Å². The molecule has 1 unspecified atom stereocenters. The maximum Gasteiger partial charge on any atom is 0.318 e. The van der Waals surface area contributed by atoms with E-state index in [0.29, 0.717) is 42.6 Å². The van der Waals surface area contributed by atoms with Crippen LogP contribution in [0, 0.1) is 30.6 Å². The number of carbonyl (C=O) groups is 4. The number of nitrogens with one attached hydrogen (secondary N) is 4. The third-order valence-corrected chi connectivity index (χ3v) is 11.1. The van der Waals surface area contributed by atoms with Crippen LogP contribution in [0.15, 0.2) is 47.1 Å². The number of aryl methyl sites for hydroxylation is 1. The predicted molar refractivity (Wildman–Crippen MR) is 187 cm³/mol. The van der Waals surface area contributed by atoms with Gasteiger partial charge in [-0.3, -0.25) is 14.4 Å². The van der Waals surface area contributed by atoms with Crippen molar-refractivity contribution in [3.8, 4) is 0 Å². The molecule has 5 amide bonds. The highest BCUT2D eigenvalue weighted by Crippen LogP contribution is 2.51. The molecule has 3 fully saturated rings. The lowest BCUT2D eigenvalue weighted by Crippen LogP contribution is -2.59. The summed E-state index contributed by atoms with van der Waals surface area (Å²) in [6, 6.07) is 12.4. The van der Waals surface area contributed by atoms with Crippen molar-refractivity contribution < 1.29 is 23.8 Å². The number of urea groups is 1. The highest BCUT2D eigenvalue weighted by atomic mass is 16.6. The van der Waals surface area contributed by atoms with Crippen molar-refractivity contribution in [1.29, 1.82) is 0 Å². The Morgan fingerprint density at radius 1 is 0.940 bits per heavy atom. The third kappa shape index (κ3) is 6.47. The first-order chi connectivity index (χ1) is 23.9. The summed E-state index contributed by atoms with van der Waals surface area (Å²) in [6.45, 7) is 10.4. The smallest absolute Gasteiger partial charge is 0.318 e. The molecule has 3 aliphatic carbocycles. The molecule has 264 valence electrons. The van der Waals surface area contributed by atoms with E-state index in [1.165, 1.54) is 0 Å². The number of hydrogen-bond donors (Lipinski definition) is 4. The van der Waals surface area contributed by atoms with Gasteiger partial charge in [0, 0.05) is 30.8 Å². The van der Waals surface area contributed by atoms with E-state index < -0.39 is 17.5 Å². The summed E-state index contributed by atoms with van der Waals surface area (Å²) in [5.41, 5.74) is 3.45. The highest BCUT2D eigenvalue weighted by molar-refractivity contribution is 6.03. The number of anilines is 2. The van der Waals surface area contributed by atoms with Gasteiger partial charge < -0.3 is 26.2 Å². The average Bonchev–Trinajstić information content (AvgIpc) is 3.98. The second-order valence-corrected chi connectivity index (χ2v) is 15.4. The molecule has 12 heteroatoms. The zero-order chi connectivity index (χ0) is 35.3. The Kier molecular flexibility index (Phi) is 8.90. The Hall–Kier alpha value is -4.74. The second kappa shape index (κ2) is 13.2. The Bertz CT molecular complexity index is 1800. The van der Waals surface area contributed by atoms with Gasteiger partial charge in [0.05, 0.1) is 6.04 Å². The van der Waals surface area contributed by atoms with Gasteiger partial charge in [0.1, 0.15) is 17.3 Å². The number of carbonyl (C=O) groups excluding carboxylic acids is 4. The van der Waals surface area contributed by atoms with Crippen LogP contribution in [0.3, 0.4) is 0 Å². The van der Waals surface area contributed by atoms with E-state index in [0.717, 1.165) is 48.1 Å². The molecule has 0 spiro atoms. The predicted octanol–water partition coefficient (Wildman–Crippen LogP) is 5.20. The molecule has 3 atom stereocenters. The van der Waals surface area contributed by atoms with Gasteiger partial charge in [-0.05, 0) is 102 Å². The van der Waals surface area contributed by atoms with E-state index in [-0.39, 0.29) is 47.3 Å².